The number of piperidine rings is 1. The van der Waals surface area contributed by atoms with Gasteiger partial charge in [-0.3, -0.25) is 4.79 Å². The lowest BCUT2D eigenvalue weighted by molar-refractivity contribution is -0.200. The van der Waals surface area contributed by atoms with Crippen LogP contribution in [0.2, 0.25) is 0 Å². The van der Waals surface area contributed by atoms with Crippen molar-refractivity contribution in [1.82, 2.24) is 10.6 Å². The Balaban J connectivity index is 0.00000261. The molecule has 0 aliphatic carbocycles. The lowest BCUT2D eigenvalue weighted by atomic mass is 9.73. The summed E-state index contributed by atoms with van der Waals surface area (Å²) < 4.78 is 11.3. The highest BCUT2D eigenvalue weighted by Gasteiger charge is 2.52. The van der Waals surface area contributed by atoms with Crippen LogP contribution in [0.15, 0.2) is 24.3 Å². The minimum atomic E-state index is -0.707. The molecule has 2 heterocycles. The normalized spacial score (nSPS) is 26.9. The lowest BCUT2D eigenvalue weighted by Gasteiger charge is -2.52. The summed E-state index contributed by atoms with van der Waals surface area (Å²) >= 11 is 0. The minimum absolute atomic E-state index is 0. The second-order valence-electron chi connectivity index (χ2n) is 7.59. The molecule has 2 atom stereocenters. The maximum Gasteiger partial charge on any atom is 0.220 e. The predicted octanol–water partition coefficient (Wildman–Crippen LogP) is 1.83. The van der Waals surface area contributed by atoms with Gasteiger partial charge in [-0.05, 0) is 57.3 Å². The lowest BCUT2D eigenvalue weighted by Crippen LogP contribution is -2.69. The standard InChI is InChI=1S/C20H30N2O4.ClH/c1-19(11-14-26-20(18(19)24)9-12-21-13-10-20)22-17(23)8-7-15-5-3-4-6-16(15)25-2;/h3-6,18,21,24H,7-14H2,1-2H3,(H,22,23);1H/t18-,19+;/m0./s1. The predicted molar refractivity (Wildman–Crippen MR) is 107 cm³/mol. The van der Waals surface area contributed by atoms with Gasteiger partial charge >= 0.3 is 0 Å². The molecule has 0 radical (unpaired) electrons. The fraction of sp³-hybridized carbons (Fsp3) is 0.650. The second-order valence-corrected chi connectivity index (χ2v) is 7.59. The van der Waals surface area contributed by atoms with Crippen LogP contribution in [-0.4, -0.2) is 55.1 Å². The van der Waals surface area contributed by atoms with Gasteiger partial charge in [0.15, 0.2) is 0 Å². The van der Waals surface area contributed by atoms with Crippen molar-refractivity contribution in [3.63, 3.8) is 0 Å². The number of amides is 1. The molecule has 1 aromatic carbocycles. The third kappa shape index (κ3) is 4.74. The summed E-state index contributed by atoms with van der Waals surface area (Å²) in [5, 5.41) is 17.4. The highest BCUT2D eigenvalue weighted by molar-refractivity contribution is 5.85. The first-order valence-electron chi connectivity index (χ1n) is 9.45. The summed E-state index contributed by atoms with van der Waals surface area (Å²) in [6.07, 6.45) is 2.40. The molecule has 27 heavy (non-hydrogen) atoms. The van der Waals surface area contributed by atoms with E-state index in [0.717, 1.165) is 37.2 Å². The third-order valence-electron chi connectivity index (χ3n) is 5.80. The van der Waals surface area contributed by atoms with Crippen LogP contribution < -0.4 is 15.4 Å². The van der Waals surface area contributed by atoms with Gasteiger partial charge in [-0.2, -0.15) is 0 Å². The summed E-state index contributed by atoms with van der Waals surface area (Å²) in [5.74, 6) is 0.745. The average Bonchev–Trinajstić information content (AvgIpc) is 2.65. The Labute approximate surface area is 167 Å². The van der Waals surface area contributed by atoms with Crippen molar-refractivity contribution >= 4 is 18.3 Å². The van der Waals surface area contributed by atoms with Gasteiger partial charge in [-0.15, -0.1) is 12.4 Å². The van der Waals surface area contributed by atoms with Crippen LogP contribution in [0.5, 0.6) is 5.75 Å². The summed E-state index contributed by atoms with van der Waals surface area (Å²) in [7, 11) is 1.64. The Kier molecular flexibility index (Phi) is 7.51. The summed E-state index contributed by atoms with van der Waals surface area (Å²) in [6, 6.07) is 7.74. The molecule has 3 rings (SSSR count). The smallest absolute Gasteiger partial charge is 0.220 e. The second kappa shape index (κ2) is 9.24. The first-order valence-corrected chi connectivity index (χ1v) is 9.45. The number of benzene rings is 1. The van der Waals surface area contributed by atoms with E-state index in [4.69, 9.17) is 9.47 Å². The van der Waals surface area contributed by atoms with Crippen LogP contribution in [0.1, 0.15) is 38.2 Å². The average molecular weight is 399 g/mol. The molecule has 7 heteroatoms. The van der Waals surface area contributed by atoms with Crippen molar-refractivity contribution in [1.29, 1.82) is 0 Å². The molecule has 0 unspecified atom stereocenters. The van der Waals surface area contributed by atoms with Crippen molar-refractivity contribution in [3.8, 4) is 5.75 Å². The molecule has 6 nitrogen and oxygen atoms in total. The third-order valence-corrected chi connectivity index (χ3v) is 5.80. The van der Waals surface area contributed by atoms with E-state index in [9.17, 15) is 9.90 Å². The summed E-state index contributed by atoms with van der Waals surface area (Å²) in [4.78, 5) is 12.6. The van der Waals surface area contributed by atoms with Gasteiger partial charge in [0, 0.05) is 13.0 Å². The van der Waals surface area contributed by atoms with Gasteiger partial charge in [0.05, 0.1) is 18.2 Å². The number of nitrogens with one attached hydrogen (secondary N) is 2. The monoisotopic (exact) mass is 398 g/mol. The number of para-hydroxylation sites is 1. The number of carbonyl (C=O) groups excluding carboxylic acids is 1. The van der Waals surface area contributed by atoms with Gasteiger partial charge in [-0.25, -0.2) is 0 Å². The maximum absolute atomic E-state index is 12.6. The molecule has 2 fully saturated rings. The molecule has 1 aromatic rings. The molecular weight excluding hydrogens is 368 g/mol. The largest absolute Gasteiger partial charge is 0.496 e. The van der Waals surface area contributed by atoms with E-state index in [0.29, 0.717) is 25.9 Å². The van der Waals surface area contributed by atoms with Crippen LogP contribution >= 0.6 is 12.4 Å². The first-order chi connectivity index (χ1) is 12.5. The number of carbonyl (C=O) groups is 1. The number of aryl methyl sites for hydroxylation is 1. The fourth-order valence-corrected chi connectivity index (χ4v) is 4.20. The van der Waals surface area contributed by atoms with Gasteiger partial charge in [0.1, 0.15) is 11.9 Å². The van der Waals surface area contributed by atoms with Gasteiger partial charge in [0.2, 0.25) is 5.91 Å². The number of aliphatic hydroxyl groups is 1. The molecule has 1 amide bonds. The number of aliphatic hydroxyl groups excluding tert-OH is 1. The highest BCUT2D eigenvalue weighted by atomic mass is 35.5. The van der Waals surface area contributed by atoms with Crippen molar-refractivity contribution in [2.75, 3.05) is 26.8 Å². The zero-order valence-electron chi connectivity index (χ0n) is 16.1. The van der Waals surface area contributed by atoms with Gasteiger partial charge in [-0.1, -0.05) is 18.2 Å². The van der Waals surface area contributed by atoms with Gasteiger partial charge < -0.3 is 25.2 Å². The molecule has 0 bridgehead atoms. The van der Waals surface area contributed by atoms with Crippen molar-refractivity contribution < 1.29 is 19.4 Å². The number of rotatable bonds is 5. The number of hydrogen-bond donors (Lipinski definition) is 3. The van der Waals surface area contributed by atoms with E-state index in [2.05, 4.69) is 10.6 Å². The Morgan fingerprint density at radius 1 is 1.33 bits per heavy atom. The molecule has 2 aliphatic heterocycles. The Morgan fingerprint density at radius 2 is 2.04 bits per heavy atom. The summed E-state index contributed by atoms with van der Waals surface area (Å²) in [5.41, 5.74) is -0.195. The fourth-order valence-electron chi connectivity index (χ4n) is 4.20. The molecular formula is C20H31ClN2O4. The molecule has 152 valence electrons. The highest BCUT2D eigenvalue weighted by Crippen LogP contribution is 2.38. The zero-order valence-corrected chi connectivity index (χ0v) is 16.9. The first kappa shape index (κ1) is 22.0. The van der Waals surface area contributed by atoms with Crippen LogP contribution in [0.4, 0.5) is 0 Å². The van der Waals surface area contributed by atoms with Crippen LogP contribution in [0.25, 0.3) is 0 Å². The Hall–Kier alpha value is -1.34. The van der Waals surface area contributed by atoms with Crippen LogP contribution in [-0.2, 0) is 16.0 Å². The minimum Gasteiger partial charge on any atom is -0.496 e. The molecule has 0 aromatic heterocycles. The molecule has 2 aliphatic rings. The van der Waals surface area contributed by atoms with Gasteiger partial charge in [0.25, 0.3) is 0 Å². The summed E-state index contributed by atoms with van der Waals surface area (Å²) in [6.45, 7) is 4.15. The Bertz CT molecular complexity index is 631. The van der Waals surface area contributed by atoms with Crippen LogP contribution in [0, 0.1) is 0 Å². The molecule has 2 saturated heterocycles. The maximum atomic E-state index is 12.6. The topological polar surface area (TPSA) is 79.8 Å². The van der Waals surface area contributed by atoms with E-state index in [1.807, 2.05) is 31.2 Å². The number of ether oxygens (including phenoxy) is 2. The van der Waals surface area contributed by atoms with E-state index in [-0.39, 0.29) is 18.3 Å². The zero-order chi connectivity index (χ0) is 18.6. The molecule has 1 spiro atoms. The van der Waals surface area contributed by atoms with Crippen molar-refractivity contribution in [3.05, 3.63) is 29.8 Å². The SMILES string of the molecule is COc1ccccc1CCC(=O)N[C@]1(C)CCOC2(CCNCC2)[C@H]1O.Cl. The number of hydrogen-bond acceptors (Lipinski definition) is 5. The van der Waals surface area contributed by atoms with E-state index in [1.165, 1.54) is 0 Å². The van der Waals surface area contributed by atoms with E-state index in [1.54, 1.807) is 7.11 Å². The molecule has 0 saturated carbocycles. The Morgan fingerprint density at radius 3 is 2.74 bits per heavy atom. The molecule has 3 N–H and O–H groups in total. The van der Waals surface area contributed by atoms with Crippen molar-refractivity contribution in [2.24, 2.45) is 0 Å². The number of methoxy groups -OCH3 is 1. The van der Waals surface area contributed by atoms with E-state index >= 15 is 0 Å². The quantitative estimate of drug-likeness (QED) is 0.705. The van der Waals surface area contributed by atoms with E-state index < -0.39 is 17.2 Å². The van der Waals surface area contributed by atoms with Crippen LogP contribution in [0.3, 0.4) is 0 Å². The van der Waals surface area contributed by atoms with Crippen molar-refractivity contribution in [2.45, 2.75) is 56.3 Å². The number of halogens is 1.